The van der Waals surface area contributed by atoms with Crippen molar-refractivity contribution in [2.24, 2.45) is 0 Å². The lowest BCUT2D eigenvalue weighted by molar-refractivity contribution is 0.132. The second-order valence-electron chi connectivity index (χ2n) is 6.75. The Morgan fingerprint density at radius 2 is 1.91 bits per heavy atom. The van der Waals surface area contributed by atoms with Crippen LogP contribution in [0.2, 0.25) is 0 Å². The molecular formula is C18H26N2O3. The van der Waals surface area contributed by atoms with Gasteiger partial charge in [0.05, 0.1) is 32.5 Å². The number of oxazole rings is 1. The Hall–Kier alpha value is -1.85. The Kier molecular flexibility index (Phi) is 5.44. The van der Waals surface area contributed by atoms with Crippen LogP contribution in [0.15, 0.2) is 34.9 Å². The maximum atomic E-state index is 9.76. The van der Waals surface area contributed by atoms with Crippen LogP contribution in [0, 0.1) is 0 Å². The van der Waals surface area contributed by atoms with Crippen LogP contribution in [0.1, 0.15) is 44.0 Å². The Bertz CT molecular complexity index is 614. The normalized spacial score (nSPS) is 13.3. The fourth-order valence-electron chi connectivity index (χ4n) is 2.38. The number of methoxy groups -OCH3 is 1. The van der Waals surface area contributed by atoms with E-state index in [0.29, 0.717) is 12.4 Å². The smallest absolute Gasteiger partial charge is 0.208 e. The number of aliphatic hydroxyl groups is 1. The highest BCUT2D eigenvalue weighted by Gasteiger charge is 2.22. The van der Waals surface area contributed by atoms with E-state index in [1.807, 2.05) is 36.2 Å². The van der Waals surface area contributed by atoms with Crippen LogP contribution in [0.5, 0.6) is 5.75 Å². The lowest BCUT2D eigenvalue weighted by atomic mass is 9.94. The third kappa shape index (κ3) is 4.33. The minimum Gasteiger partial charge on any atom is -0.497 e. The van der Waals surface area contributed by atoms with Crippen molar-refractivity contribution in [3.05, 3.63) is 47.7 Å². The first-order chi connectivity index (χ1) is 10.8. The van der Waals surface area contributed by atoms with Gasteiger partial charge < -0.3 is 14.3 Å². The highest BCUT2D eigenvalue weighted by Crippen LogP contribution is 2.26. The maximum Gasteiger partial charge on any atom is 0.208 e. The fourth-order valence-corrected chi connectivity index (χ4v) is 2.38. The lowest BCUT2D eigenvalue weighted by Crippen LogP contribution is -2.27. The van der Waals surface area contributed by atoms with Gasteiger partial charge >= 0.3 is 0 Å². The van der Waals surface area contributed by atoms with E-state index in [4.69, 9.17) is 9.15 Å². The standard InChI is InChI=1S/C18H26N2O3/c1-18(2,3)16-10-19-17(23-16)11-20(4)15(12-21)13-6-8-14(22-5)9-7-13/h6-10,15,21H,11-12H2,1-5H3/t15-/m1/s1. The van der Waals surface area contributed by atoms with Crippen molar-refractivity contribution in [1.29, 1.82) is 0 Å². The van der Waals surface area contributed by atoms with Crippen LogP contribution in [-0.4, -0.2) is 35.8 Å². The van der Waals surface area contributed by atoms with Gasteiger partial charge in [-0.05, 0) is 24.7 Å². The van der Waals surface area contributed by atoms with Crippen LogP contribution in [0.25, 0.3) is 0 Å². The Morgan fingerprint density at radius 3 is 2.39 bits per heavy atom. The topological polar surface area (TPSA) is 58.7 Å². The Balaban J connectivity index is 2.10. The zero-order valence-corrected chi connectivity index (χ0v) is 14.5. The van der Waals surface area contributed by atoms with Gasteiger partial charge in [-0.3, -0.25) is 4.90 Å². The van der Waals surface area contributed by atoms with Crippen molar-refractivity contribution >= 4 is 0 Å². The molecule has 0 saturated carbocycles. The molecule has 1 aromatic heterocycles. The van der Waals surface area contributed by atoms with E-state index in [1.165, 1.54) is 0 Å². The van der Waals surface area contributed by atoms with E-state index in [2.05, 4.69) is 25.8 Å². The summed E-state index contributed by atoms with van der Waals surface area (Å²) in [6.45, 7) is 6.83. The van der Waals surface area contributed by atoms with Crippen LogP contribution < -0.4 is 4.74 Å². The molecular weight excluding hydrogens is 292 g/mol. The predicted molar refractivity (Wildman–Crippen MR) is 89.5 cm³/mol. The quantitative estimate of drug-likeness (QED) is 0.886. The van der Waals surface area contributed by atoms with Crippen molar-refractivity contribution in [2.75, 3.05) is 20.8 Å². The average molecular weight is 318 g/mol. The minimum atomic E-state index is -0.120. The molecule has 5 nitrogen and oxygen atoms in total. The highest BCUT2D eigenvalue weighted by molar-refractivity contribution is 5.29. The number of likely N-dealkylation sites (N-methyl/N-ethyl adjacent to an activating group) is 1. The molecule has 0 amide bonds. The van der Waals surface area contributed by atoms with Gasteiger partial charge in [0.15, 0.2) is 0 Å². The van der Waals surface area contributed by atoms with Gasteiger partial charge in [-0.25, -0.2) is 4.98 Å². The van der Waals surface area contributed by atoms with E-state index in [1.54, 1.807) is 13.3 Å². The first-order valence-electron chi connectivity index (χ1n) is 7.75. The molecule has 0 aliphatic heterocycles. The number of nitrogens with zero attached hydrogens (tertiary/aromatic N) is 2. The predicted octanol–water partition coefficient (Wildman–Crippen LogP) is 3.15. The van der Waals surface area contributed by atoms with Crippen molar-refractivity contribution in [3.63, 3.8) is 0 Å². The first kappa shape index (κ1) is 17.5. The molecule has 0 spiro atoms. The van der Waals surface area contributed by atoms with E-state index >= 15 is 0 Å². The SMILES string of the molecule is COc1ccc([C@@H](CO)N(C)Cc2ncc(C(C)(C)C)o2)cc1. The van der Waals surface area contributed by atoms with Crippen molar-refractivity contribution < 1.29 is 14.3 Å². The van der Waals surface area contributed by atoms with Gasteiger partial charge in [0.2, 0.25) is 5.89 Å². The van der Waals surface area contributed by atoms with Crippen LogP contribution in [0.4, 0.5) is 0 Å². The third-order valence-electron chi connectivity index (χ3n) is 3.88. The Labute approximate surface area is 137 Å². The van der Waals surface area contributed by atoms with E-state index in [9.17, 15) is 5.11 Å². The zero-order chi connectivity index (χ0) is 17.0. The molecule has 0 aliphatic rings. The third-order valence-corrected chi connectivity index (χ3v) is 3.88. The van der Waals surface area contributed by atoms with Gasteiger partial charge in [-0.1, -0.05) is 32.9 Å². The summed E-state index contributed by atoms with van der Waals surface area (Å²) >= 11 is 0. The summed E-state index contributed by atoms with van der Waals surface area (Å²) in [6, 6.07) is 7.60. The van der Waals surface area contributed by atoms with Crippen molar-refractivity contribution in [1.82, 2.24) is 9.88 Å². The second kappa shape index (κ2) is 7.15. The number of hydrogen-bond donors (Lipinski definition) is 1. The fraction of sp³-hybridized carbons (Fsp3) is 0.500. The molecule has 1 N–H and O–H groups in total. The molecule has 2 rings (SSSR count). The van der Waals surface area contributed by atoms with Gasteiger partial charge in [-0.15, -0.1) is 0 Å². The molecule has 23 heavy (non-hydrogen) atoms. The summed E-state index contributed by atoms with van der Waals surface area (Å²) in [6.07, 6.45) is 1.78. The Morgan fingerprint density at radius 1 is 1.26 bits per heavy atom. The van der Waals surface area contributed by atoms with Crippen LogP contribution in [0.3, 0.4) is 0 Å². The summed E-state index contributed by atoms with van der Waals surface area (Å²) in [5.74, 6) is 2.32. The molecule has 0 saturated heterocycles. The van der Waals surface area contributed by atoms with Crippen molar-refractivity contribution in [3.8, 4) is 5.75 Å². The molecule has 0 fully saturated rings. The number of hydrogen-bond acceptors (Lipinski definition) is 5. The molecule has 0 radical (unpaired) electrons. The molecule has 1 atom stereocenters. The number of aromatic nitrogens is 1. The van der Waals surface area contributed by atoms with Gasteiger partial charge in [-0.2, -0.15) is 0 Å². The second-order valence-corrected chi connectivity index (χ2v) is 6.75. The van der Waals surface area contributed by atoms with Crippen molar-refractivity contribution in [2.45, 2.75) is 38.8 Å². The van der Waals surface area contributed by atoms with E-state index in [-0.39, 0.29) is 18.1 Å². The van der Waals surface area contributed by atoms with Gasteiger partial charge in [0.1, 0.15) is 11.5 Å². The highest BCUT2D eigenvalue weighted by atomic mass is 16.5. The lowest BCUT2D eigenvalue weighted by Gasteiger charge is -2.25. The number of benzene rings is 1. The molecule has 0 bridgehead atoms. The summed E-state index contributed by atoms with van der Waals surface area (Å²) in [4.78, 5) is 6.38. The number of ether oxygens (including phenoxy) is 1. The monoisotopic (exact) mass is 318 g/mol. The zero-order valence-electron chi connectivity index (χ0n) is 14.5. The summed E-state index contributed by atoms with van der Waals surface area (Å²) in [7, 11) is 3.59. The molecule has 1 heterocycles. The molecule has 1 aromatic carbocycles. The number of aliphatic hydroxyl groups excluding tert-OH is 1. The van der Waals surface area contributed by atoms with E-state index in [0.717, 1.165) is 17.1 Å². The minimum absolute atomic E-state index is 0.0235. The summed E-state index contributed by atoms with van der Waals surface area (Å²) in [5, 5.41) is 9.76. The summed E-state index contributed by atoms with van der Waals surface area (Å²) < 4.78 is 11.0. The van der Waals surface area contributed by atoms with Crippen LogP contribution in [-0.2, 0) is 12.0 Å². The molecule has 126 valence electrons. The van der Waals surface area contributed by atoms with E-state index < -0.39 is 0 Å². The first-order valence-corrected chi connectivity index (χ1v) is 7.75. The molecule has 2 aromatic rings. The largest absolute Gasteiger partial charge is 0.497 e. The van der Waals surface area contributed by atoms with Gasteiger partial charge in [0.25, 0.3) is 0 Å². The maximum absolute atomic E-state index is 9.76. The van der Waals surface area contributed by atoms with Crippen LogP contribution >= 0.6 is 0 Å². The number of rotatable bonds is 6. The molecule has 0 unspecified atom stereocenters. The average Bonchev–Trinajstić information content (AvgIpc) is 2.97. The van der Waals surface area contributed by atoms with Gasteiger partial charge in [0, 0.05) is 5.41 Å². The molecule has 5 heteroatoms. The summed E-state index contributed by atoms with van der Waals surface area (Å²) in [5.41, 5.74) is 0.967. The molecule has 0 aliphatic carbocycles.